The Morgan fingerprint density at radius 1 is 1.14 bits per heavy atom. The van der Waals surface area contributed by atoms with Gasteiger partial charge in [-0.15, -0.1) is 0 Å². The number of hydrogen-bond donors (Lipinski definition) is 1. The van der Waals surface area contributed by atoms with Gasteiger partial charge in [-0.25, -0.2) is 0 Å². The fourth-order valence-corrected chi connectivity index (χ4v) is 6.29. The average molecular weight is 524 g/mol. The first-order valence-corrected chi connectivity index (χ1v) is 13.2. The van der Waals surface area contributed by atoms with Crippen LogP contribution in [0.4, 0.5) is 11.4 Å². The van der Waals surface area contributed by atoms with Crippen LogP contribution in [0.2, 0.25) is 5.02 Å². The average Bonchev–Trinajstić information content (AvgIpc) is 3.45. The molecule has 1 unspecified atom stereocenters. The Morgan fingerprint density at radius 2 is 1.92 bits per heavy atom. The summed E-state index contributed by atoms with van der Waals surface area (Å²) < 4.78 is 5.96. The fourth-order valence-electron chi connectivity index (χ4n) is 4.89. The van der Waals surface area contributed by atoms with Crippen molar-refractivity contribution in [2.24, 2.45) is 5.92 Å². The van der Waals surface area contributed by atoms with Crippen molar-refractivity contribution in [1.82, 2.24) is 4.90 Å². The van der Waals surface area contributed by atoms with E-state index in [1.165, 1.54) is 36.4 Å². The third-order valence-corrected chi connectivity index (χ3v) is 8.19. The van der Waals surface area contributed by atoms with Crippen LogP contribution in [0.1, 0.15) is 38.4 Å². The second-order valence-electron chi connectivity index (χ2n) is 9.15. The number of nitro groups is 1. The second-order valence-corrected chi connectivity index (χ2v) is 10.7. The zero-order valence-electron chi connectivity index (χ0n) is 19.7. The number of rotatable bonds is 6. The Balaban J connectivity index is 1.44. The second kappa shape index (κ2) is 10.4. The topological polar surface area (TPSA) is 88.6 Å². The molecular formula is C27H26ClN3O4S. The van der Waals surface area contributed by atoms with E-state index in [0.717, 1.165) is 24.9 Å². The Labute approximate surface area is 218 Å². The molecule has 3 atom stereocenters. The van der Waals surface area contributed by atoms with Crippen molar-refractivity contribution in [3.63, 3.8) is 0 Å². The number of amides is 1. The summed E-state index contributed by atoms with van der Waals surface area (Å²) >= 11 is 7.76. The van der Waals surface area contributed by atoms with Crippen LogP contribution in [-0.4, -0.2) is 27.3 Å². The molecule has 1 aliphatic heterocycles. The molecule has 36 heavy (non-hydrogen) atoms. The van der Waals surface area contributed by atoms with Gasteiger partial charge in [0.25, 0.3) is 11.6 Å². The summed E-state index contributed by atoms with van der Waals surface area (Å²) in [6.07, 6.45) is 6.16. The summed E-state index contributed by atoms with van der Waals surface area (Å²) in [5, 5.41) is 15.1. The maximum absolute atomic E-state index is 13.7. The third-order valence-electron chi connectivity index (χ3n) is 6.75. The molecule has 1 N–H and O–H groups in total. The van der Waals surface area contributed by atoms with Gasteiger partial charge >= 0.3 is 0 Å². The lowest BCUT2D eigenvalue weighted by Crippen LogP contribution is -2.48. The van der Waals surface area contributed by atoms with Crippen LogP contribution >= 0.6 is 23.4 Å². The lowest BCUT2D eigenvalue weighted by molar-refractivity contribution is -0.384. The minimum absolute atomic E-state index is 0.0153. The van der Waals surface area contributed by atoms with Gasteiger partial charge in [0.2, 0.25) is 0 Å². The Hall–Kier alpha value is -3.23. The Kier molecular flexibility index (Phi) is 7.07. The molecule has 1 saturated heterocycles. The number of carbonyl (C=O) groups excluding carboxylic acids is 1. The lowest BCUT2D eigenvalue weighted by Gasteiger charge is -2.39. The molecule has 1 amide bonds. The molecule has 2 aromatic carbocycles. The van der Waals surface area contributed by atoms with Crippen molar-refractivity contribution in [3.8, 4) is 11.3 Å². The number of halogens is 1. The van der Waals surface area contributed by atoms with Crippen LogP contribution in [0.5, 0.6) is 0 Å². The molecule has 2 aliphatic rings. The smallest absolute Gasteiger partial charge is 0.270 e. The number of carbonyl (C=O) groups is 1. The van der Waals surface area contributed by atoms with Crippen molar-refractivity contribution >= 4 is 46.7 Å². The molecule has 1 aromatic heterocycles. The third kappa shape index (κ3) is 5.01. The maximum Gasteiger partial charge on any atom is 0.270 e. The number of furan rings is 1. The molecule has 0 bridgehead atoms. The minimum atomic E-state index is -0.472. The van der Waals surface area contributed by atoms with Gasteiger partial charge in [-0.05, 0) is 49.1 Å². The van der Waals surface area contributed by atoms with Crippen molar-refractivity contribution in [1.29, 1.82) is 0 Å². The highest BCUT2D eigenvalue weighted by atomic mass is 35.5. The highest BCUT2D eigenvalue weighted by molar-refractivity contribution is 8.05. The first-order chi connectivity index (χ1) is 17.4. The van der Waals surface area contributed by atoms with E-state index < -0.39 is 4.92 Å². The standard InChI is InChI=1S/C27H26ClN3O4S/c1-17-7-5-6-10-23(17)30-26(32)25(36-27(30)29-18-8-3-2-4-9-18)16-20-12-14-24(35-20)21-15-19(31(33)34)11-13-22(21)28/h2-4,8-9,11-17,23,27,29H,5-7,10H2,1H3/b25-16-/t17-,23-,27?/m0/s1. The molecule has 1 saturated carbocycles. The predicted octanol–water partition coefficient (Wildman–Crippen LogP) is 7.40. The van der Waals surface area contributed by atoms with E-state index in [2.05, 4.69) is 12.2 Å². The van der Waals surface area contributed by atoms with Crippen LogP contribution < -0.4 is 5.32 Å². The van der Waals surface area contributed by atoms with E-state index in [9.17, 15) is 14.9 Å². The van der Waals surface area contributed by atoms with E-state index >= 15 is 0 Å². The highest BCUT2D eigenvalue weighted by Crippen LogP contribution is 2.42. The number of nitrogens with one attached hydrogen (secondary N) is 1. The van der Waals surface area contributed by atoms with Crippen LogP contribution in [0.15, 0.2) is 70.0 Å². The number of thioether (sulfide) groups is 1. The van der Waals surface area contributed by atoms with Crippen molar-refractivity contribution in [3.05, 3.63) is 86.5 Å². The number of nitro benzene ring substituents is 1. The Morgan fingerprint density at radius 3 is 2.67 bits per heavy atom. The molecule has 0 spiro atoms. The summed E-state index contributed by atoms with van der Waals surface area (Å²) in [5.41, 5.74) is 1.09. The SMILES string of the molecule is C[C@H]1CCCC[C@@H]1N1C(=O)/C(=C/c2ccc(-c3cc([N+](=O)[O-])ccc3Cl)o2)SC1Nc1ccccc1. The molecule has 2 heterocycles. The van der Waals surface area contributed by atoms with Crippen molar-refractivity contribution < 1.29 is 14.1 Å². The van der Waals surface area contributed by atoms with E-state index in [1.807, 2.05) is 35.2 Å². The molecule has 2 fully saturated rings. The number of benzene rings is 2. The van der Waals surface area contributed by atoms with Crippen LogP contribution in [0.25, 0.3) is 17.4 Å². The zero-order chi connectivity index (χ0) is 25.2. The summed E-state index contributed by atoms with van der Waals surface area (Å²) in [5.74, 6) is 1.30. The zero-order valence-corrected chi connectivity index (χ0v) is 21.3. The number of anilines is 1. The molecule has 0 radical (unpaired) electrons. The molecular weight excluding hydrogens is 498 g/mol. The number of para-hydroxylation sites is 1. The van der Waals surface area contributed by atoms with Crippen LogP contribution in [0, 0.1) is 16.0 Å². The monoisotopic (exact) mass is 523 g/mol. The highest BCUT2D eigenvalue weighted by Gasteiger charge is 2.43. The van der Waals surface area contributed by atoms with E-state index in [4.69, 9.17) is 16.0 Å². The number of non-ortho nitro benzene ring substituents is 1. The fraction of sp³-hybridized carbons (Fsp3) is 0.296. The first kappa shape index (κ1) is 24.5. The molecule has 186 valence electrons. The summed E-state index contributed by atoms with van der Waals surface area (Å²) in [6.45, 7) is 2.23. The van der Waals surface area contributed by atoms with Gasteiger partial charge in [0, 0.05) is 35.5 Å². The first-order valence-electron chi connectivity index (χ1n) is 12.0. The van der Waals surface area contributed by atoms with Gasteiger partial charge in [-0.1, -0.05) is 61.3 Å². The molecule has 9 heteroatoms. The van der Waals surface area contributed by atoms with Crippen molar-refractivity contribution in [2.45, 2.75) is 44.1 Å². The van der Waals surface area contributed by atoms with Crippen molar-refractivity contribution in [2.75, 3.05) is 5.32 Å². The van der Waals surface area contributed by atoms with Crippen LogP contribution in [0.3, 0.4) is 0 Å². The molecule has 7 nitrogen and oxygen atoms in total. The minimum Gasteiger partial charge on any atom is -0.457 e. The summed E-state index contributed by atoms with van der Waals surface area (Å²) in [7, 11) is 0. The van der Waals surface area contributed by atoms with Gasteiger partial charge in [0.1, 0.15) is 11.5 Å². The summed E-state index contributed by atoms with van der Waals surface area (Å²) in [6, 6.07) is 17.7. The molecule has 3 aromatic rings. The molecule has 1 aliphatic carbocycles. The quantitative estimate of drug-likeness (QED) is 0.206. The van der Waals surface area contributed by atoms with Gasteiger partial charge in [-0.3, -0.25) is 14.9 Å². The number of nitrogens with zero attached hydrogens (tertiary/aromatic N) is 2. The Bertz CT molecular complexity index is 1310. The van der Waals surface area contributed by atoms with Gasteiger partial charge in [0.05, 0.1) is 14.9 Å². The maximum atomic E-state index is 13.7. The van der Waals surface area contributed by atoms with Crippen LogP contribution in [-0.2, 0) is 4.79 Å². The normalized spacial score (nSPS) is 23.3. The van der Waals surface area contributed by atoms with E-state index in [0.29, 0.717) is 32.9 Å². The largest absolute Gasteiger partial charge is 0.457 e. The number of hydrogen-bond acceptors (Lipinski definition) is 6. The van der Waals surface area contributed by atoms with Gasteiger partial charge in [-0.2, -0.15) is 0 Å². The lowest BCUT2D eigenvalue weighted by atomic mass is 9.85. The van der Waals surface area contributed by atoms with Gasteiger partial charge < -0.3 is 14.6 Å². The molecule has 5 rings (SSSR count). The summed E-state index contributed by atoms with van der Waals surface area (Å²) in [4.78, 5) is 27.0. The van der Waals surface area contributed by atoms with E-state index in [1.54, 1.807) is 18.2 Å². The predicted molar refractivity (Wildman–Crippen MR) is 143 cm³/mol. The van der Waals surface area contributed by atoms with E-state index in [-0.39, 0.29) is 23.1 Å². The van der Waals surface area contributed by atoms with Gasteiger partial charge in [0.15, 0.2) is 5.50 Å².